The summed E-state index contributed by atoms with van der Waals surface area (Å²) in [5.74, 6) is -1.80. The summed E-state index contributed by atoms with van der Waals surface area (Å²) < 4.78 is 47.9. The van der Waals surface area contributed by atoms with E-state index >= 15 is 0 Å². The largest absolute Gasteiger partial charge is 0.462 e. The number of benzene rings is 2. The van der Waals surface area contributed by atoms with E-state index in [1.165, 1.54) is 48.0 Å². The number of alkyl halides is 3. The van der Waals surface area contributed by atoms with Gasteiger partial charge in [0.05, 0.1) is 30.4 Å². The minimum Gasteiger partial charge on any atom is -0.462 e. The third-order valence-corrected chi connectivity index (χ3v) is 4.91. The van der Waals surface area contributed by atoms with Crippen molar-refractivity contribution in [1.82, 2.24) is 30.3 Å². The second-order valence-corrected chi connectivity index (χ2v) is 7.12. The van der Waals surface area contributed by atoms with Crippen molar-refractivity contribution < 1.29 is 32.7 Å². The van der Waals surface area contributed by atoms with Gasteiger partial charge >= 0.3 is 12.1 Å². The summed E-state index contributed by atoms with van der Waals surface area (Å²) in [7, 11) is 0. The third kappa shape index (κ3) is 4.75. The van der Waals surface area contributed by atoms with Crippen LogP contribution in [0.25, 0.3) is 22.6 Å². The van der Waals surface area contributed by atoms with Gasteiger partial charge in [0.1, 0.15) is 11.3 Å². The number of halogens is 3. The molecule has 35 heavy (non-hydrogen) atoms. The molecule has 2 heterocycles. The van der Waals surface area contributed by atoms with Crippen LogP contribution in [-0.2, 0) is 10.9 Å². The van der Waals surface area contributed by atoms with Crippen molar-refractivity contribution in [3.05, 3.63) is 77.7 Å². The van der Waals surface area contributed by atoms with Crippen molar-refractivity contribution >= 4 is 11.9 Å². The number of ether oxygens (including phenoxy) is 1. The fraction of sp³-hybridized carbons (Fsp3) is 0.136. The van der Waals surface area contributed by atoms with Gasteiger partial charge in [-0.2, -0.15) is 18.3 Å². The van der Waals surface area contributed by atoms with Gasteiger partial charge in [0.15, 0.2) is 5.69 Å². The lowest BCUT2D eigenvalue weighted by Gasteiger charge is -2.12. The Balaban J connectivity index is 1.64. The number of nitrogens with zero attached hydrogens (tertiary/aromatic N) is 5. The number of hydrogen-bond donors (Lipinski definition) is 2. The van der Waals surface area contributed by atoms with Gasteiger partial charge < -0.3 is 4.74 Å². The average Bonchev–Trinajstić information content (AvgIpc) is 3.52. The molecule has 0 saturated carbocycles. The van der Waals surface area contributed by atoms with E-state index in [-0.39, 0.29) is 17.9 Å². The number of amides is 1. The molecule has 0 aliphatic carbocycles. The maximum atomic E-state index is 13.7. The van der Waals surface area contributed by atoms with Crippen molar-refractivity contribution in [1.29, 1.82) is 0 Å². The fourth-order valence-electron chi connectivity index (χ4n) is 3.33. The van der Waals surface area contributed by atoms with E-state index in [4.69, 9.17) is 9.94 Å². The van der Waals surface area contributed by atoms with E-state index in [0.29, 0.717) is 21.6 Å². The Morgan fingerprint density at radius 1 is 1.11 bits per heavy atom. The molecule has 0 unspecified atom stereocenters. The average molecular weight is 486 g/mol. The quantitative estimate of drug-likeness (QED) is 0.243. The normalized spacial score (nSPS) is 11.3. The molecule has 1 amide bonds. The minimum atomic E-state index is -4.85. The Kier molecular flexibility index (Phi) is 6.34. The summed E-state index contributed by atoms with van der Waals surface area (Å²) in [6.45, 7) is 1.42. The fourth-order valence-corrected chi connectivity index (χ4v) is 3.33. The molecule has 0 radical (unpaired) electrons. The summed E-state index contributed by atoms with van der Waals surface area (Å²) >= 11 is 0. The van der Waals surface area contributed by atoms with E-state index in [0.717, 1.165) is 6.20 Å². The van der Waals surface area contributed by atoms with E-state index in [9.17, 15) is 22.8 Å². The molecule has 0 aliphatic rings. The van der Waals surface area contributed by atoms with Crippen molar-refractivity contribution in [2.75, 3.05) is 6.61 Å². The smallest absolute Gasteiger partial charge is 0.434 e. The van der Waals surface area contributed by atoms with Gasteiger partial charge in [0.2, 0.25) is 0 Å². The number of esters is 1. The van der Waals surface area contributed by atoms with Gasteiger partial charge in [-0.05, 0) is 43.3 Å². The molecule has 2 aromatic carbocycles. The first-order valence-electron chi connectivity index (χ1n) is 10.1. The lowest BCUT2D eigenvalue weighted by atomic mass is 10.1. The Morgan fingerprint density at radius 3 is 2.49 bits per heavy atom. The van der Waals surface area contributed by atoms with Crippen LogP contribution in [0.4, 0.5) is 13.2 Å². The molecular formula is C22H17F3N6O4. The van der Waals surface area contributed by atoms with E-state index in [1.807, 2.05) is 0 Å². The molecule has 180 valence electrons. The highest BCUT2D eigenvalue weighted by molar-refractivity contribution is 5.94. The number of carbonyl (C=O) groups excluding carboxylic acids is 2. The number of nitrogens with one attached hydrogen (secondary N) is 1. The van der Waals surface area contributed by atoms with Gasteiger partial charge in [-0.25, -0.2) is 19.6 Å². The lowest BCUT2D eigenvalue weighted by Crippen LogP contribution is -2.18. The predicted molar refractivity (Wildman–Crippen MR) is 114 cm³/mol. The van der Waals surface area contributed by atoms with Crippen LogP contribution in [0.1, 0.15) is 33.3 Å². The Hall–Kier alpha value is -4.52. The van der Waals surface area contributed by atoms with E-state index in [1.54, 1.807) is 23.8 Å². The zero-order chi connectivity index (χ0) is 25.2. The summed E-state index contributed by atoms with van der Waals surface area (Å²) in [5, 5.41) is 20.6. The molecule has 0 saturated heterocycles. The van der Waals surface area contributed by atoms with Crippen molar-refractivity contribution in [3.8, 4) is 22.6 Å². The molecule has 2 aromatic heterocycles. The first-order chi connectivity index (χ1) is 16.7. The molecule has 13 heteroatoms. The van der Waals surface area contributed by atoms with E-state index < -0.39 is 29.3 Å². The van der Waals surface area contributed by atoms with Crippen molar-refractivity contribution in [2.45, 2.75) is 13.1 Å². The zero-order valence-electron chi connectivity index (χ0n) is 18.0. The third-order valence-electron chi connectivity index (χ3n) is 4.91. The van der Waals surface area contributed by atoms with Crippen LogP contribution < -0.4 is 5.48 Å². The highest BCUT2D eigenvalue weighted by Crippen LogP contribution is 2.34. The van der Waals surface area contributed by atoms with E-state index in [2.05, 4.69) is 15.4 Å². The van der Waals surface area contributed by atoms with Gasteiger partial charge in [-0.3, -0.25) is 10.0 Å². The van der Waals surface area contributed by atoms with Crippen molar-refractivity contribution in [2.24, 2.45) is 0 Å². The summed E-state index contributed by atoms with van der Waals surface area (Å²) in [5.41, 5.74) is 1.39. The maximum Gasteiger partial charge on any atom is 0.434 e. The van der Waals surface area contributed by atoms with Crippen LogP contribution in [-0.4, -0.2) is 48.5 Å². The first kappa shape index (κ1) is 23.6. The molecule has 0 aliphatic heterocycles. The predicted octanol–water partition coefficient (Wildman–Crippen LogP) is 3.43. The first-order valence-corrected chi connectivity index (χ1v) is 10.1. The molecule has 2 N–H and O–H groups in total. The Labute approximate surface area is 195 Å². The molecule has 0 atom stereocenters. The van der Waals surface area contributed by atoms with Gasteiger partial charge in [0.25, 0.3) is 5.91 Å². The molecular weight excluding hydrogens is 469 g/mol. The van der Waals surface area contributed by atoms with Crippen LogP contribution in [0, 0.1) is 0 Å². The second-order valence-electron chi connectivity index (χ2n) is 7.12. The standard InChI is InChI=1S/C22H17F3N6O4/c1-2-35-21(33)17-11-26-31(19(17)22(23,24)25)16-8-6-15(7-9-16)30-12-18(27-29-30)13-4-3-5-14(10-13)20(32)28-34/h3-12,34H,2H2,1H3,(H,28,32). The minimum absolute atomic E-state index is 0.0691. The Morgan fingerprint density at radius 2 is 1.83 bits per heavy atom. The maximum absolute atomic E-state index is 13.7. The highest BCUT2D eigenvalue weighted by atomic mass is 19.4. The Bertz CT molecular complexity index is 1380. The summed E-state index contributed by atoms with van der Waals surface area (Å²) in [6.07, 6.45) is -2.46. The second kappa shape index (κ2) is 9.38. The van der Waals surface area contributed by atoms with Crippen LogP contribution >= 0.6 is 0 Å². The van der Waals surface area contributed by atoms with Crippen molar-refractivity contribution in [3.63, 3.8) is 0 Å². The van der Waals surface area contributed by atoms with Crippen LogP contribution in [0.5, 0.6) is 0 Å². The van der Waals surface area contributed by atoms with Gasteiger partial charge in [0, 0.05) is 11.1 Å². The number of carbonyl (C=O) groups is 2. The number of hydroxylamine groups is 1. The number of aromatic nitrogens is 5. The molecule has 0 fully saturated rings. The monoisotopic (exact) mass is 486 g/mol. The molecule has 4 rings (SSSR count). The molecule has 0 spiro atoms. The number of hydrogen-bond acceptors (Lipinski definition) is 7. The zero-order valence-corrected chi connectivity index (χ0v) is 18.0. The SMILES string of the molecule is CCOC(=O)c1cnn(-c2ccc(-n3cc(-c4cccc(C(=O)NO)c4)nn3)cc2)c1C(F)(F)F. The lowest BCUT2D eigenvalue weighted by molar-refractivity contribution is -0.143. The van der Waals surface area contributed by atoms with Crippen LogP contribution in [0.3, 0.4) is 0 Å². The summed E-state index contributed by atoms with van der Waals surface area (Å²) in [6, 6.07) is 12.1. The molecule has 0 bridgehead atoms. The van der Waals surface area contributed by atoms with Crippen LogP contribution in [0.2, 0.25) is 0 Å². The summed E-state index contributed by atoms with van der Waals surface area (Å²) in [4.78, 5) is 23.6. The highest BCUT2D eigenvalue weighted by Gasteiger charge is 2.41. The molecule has 4 aromatic rings. The van der Waals surface area contributed by atoms with Gasteiger partial charge in [-0.15, -0.1) is 5.10 Å². The molecule has 10 nitrogen and oxygen atoms in total. The van der Waals surface area contributed by atoms with Gasteiger partial charge in [-0.1, -0.05) is 17.3 Å². The number of rotatable bonds is 6. The van der Waals surface area contributed by atoms with Crippen LogP contribution in [0.15, 0.2) is 60.9 Å². The topological polar surface area (TPSA) is 124 Å².